The van der Waals surface area contributed by atoms with E-state index in [1.165, 1.54) is 0 Å². The van der Waals surface area contributed by atoms with Crippen LogP contribution in [0.2, 0.25) is 0 Å². The Labute approximate surface area is 122 Å². The molecule has 2 amide bonds. The van der Waals surface area contributed by atoms with Crippen LogP contribution < -0.4 is 5.32 Å². The van der Waals surface area contributed by atoms with Crippen molar-refractivity contribution in [3.8, 4) is 0 Å². The second-order valence-electron chi connectivity index (χ2n) is 5.71. The van der Waals surface area contributed by atoms with E-state index < -0.39 is 12.0 Å². The maximum atomic E-state index is 12.1. The fraction of sp³-hybridized carbons (Fsp3) is 0.857. The number of nitrogens with zero attached hydrogens (tertiary/aromatic N) is 2. The maximum Gasteiger partial charge on any atom is 0.326 e. The Kier molecular flexibility index (Phi) is 8.96. The van der Waals surface area contributed by atoms with Crippen LogP contribution in [0, 0.1) is 5.92 Å². The molecule has 2 N–H and O–H groups in total. The summed E-state index contributed by atoms with van der Waals surface area (Å²) in [5, 5.41) is 11.7. The summed E-state index contributed by atoms with van der Waals surface area (Å²) in [7, 11) is 3.97. The largest absolute Gasteiger partial charge is 0.480 e. The van der Waals surface area contributed by atoms with Crippen molar-refractivity contribution in [1.29, 1.82) is 0 Å². The van der Waals surface area contributed by atoms with Gasteiger partial charge in [0.1, 0.15) is 6.04 Å². The number of urea groups is 1. The highest BCUT2D eigenvalue weighted by molar-refractivity contribution is 5.82. The lowest BCUT2D eigenvalue weighted by Gasteiger charge is -2.25. The van der Waals surface area contributed by atoms with Crippen molar-refractivity contribution < 1.29 is 14.7 Å². The van der Waals surface area contributed by atoms with Crippen molar-refractivity contribution in [2.45, 2.75) is 39.7 Å². The molecule has 0 aliphatic heterocycles. The molecule has 0 unspecified atom stereocenters. The van der Waals surface area contributed by atoms with Gasteiger partial charge >= 0.3 is 12.0 Å². The van der Waals surface area contributed by atoms with Crippen LogP contribution in [0.4, 0.5) is 4.79 Å². The van der Waals surface area contributed by atoms with Crippen LogP contribution in [0.5, 0.6) is 0 Å². The van der Waals surface area contributed by atoms with Crippen molar-refractivity contribution in [2.24, 2.45) is 5.92 Å². The summed E-state index contributed by atoms with van der Waals surface area (Å²) in [4.78, 5) is 26.9. The summed E-state index contributed by atoms with van der Waals surface area (Å²) < 4.78 is 0. The first-order valence-corrected chi connectivity index (χ1v) is 7.20. The molecule has 20 heavy (non-hydrogen) atoms. The minimum Gasteiger partial charge on any atom is -0.480 e. The molecule has 0 spiro atoms. The SMILES string of the molecule is CCN(CCCN(C)C)C(=O)N[C@@H](CC(C)C)C(=O)O. The molecular weight excluding hydrogens is 258 g/mol. The van der Waals surface area contributed by atoms with E-state index in [0.29, 0.717) is 19.5 Å². The molecule has 0 saturated heterocycles. The highest BCUT2D eigenvalue weighted by Crippen LogP contribution is 2.06. The number of carboxylic acid groups (broad SMARTS) is 1. The lowest BCUT2D eigenvalue weighted by Crippen LogP contribution is -2.48. The van der Waals surface area contributed by atoms with Gasteiger partial charge in [-0.25, -0.2) is 9.59 Å². The summed E-state index contributed by atoms with van der Waals surface area (Å²) in [5.74, 6) is -0.753. The second kappa shape index (κ2) is 9.58. The van der Waals surface area contributed by atoms with Gasteiger partial charge in [0.2, 0.25) is 0 Å². The van der Waals surface area contributed by atoms with Crippen LogP contribution in [0.1, 0.15) is 33.6 Å². The van der Waals surface area contributed by atoms with Crippen LogP contribution in [0.25, 0.3) is 0 Å². The van der Waals surface area contributed by atoms with Crippen LogP contribution >= 0.6 is 0 Å². The molecule has 6 nitrogen and oxygen atoms in total. The highest BCUT2D eigenvalue weighted by atomic mass is 16.4. The summed E-state index contributed by atoms with van der Waals surface area (Å²) in [5.41, 5.74) is 0. The smallest absolute Gasteiger partial charge is 0.326 e. The van der Waals surface area contributed by atoms with E-state index in [1.54, 1.807) is 4.90 Å². The molecule has 0 bridgehead atoms. The summed E-state index contributed by atoms with van der Waals surface area (Å²) >= 11 is 0. The molecule has 0 aromatic carbocycles. The van der Waals surface area contributed by atoms with Gasteiger partial charge < -0.3 is 20.2 Å². The van der Waals surface area contributed by atoms with Crippen LogP contribution in [-0.2, 0) is 4.79 Å². The quantitative estimate of drug-likeness (QED) is 0.673. The molecule has 0 aliphatic rings. The third-order valence-corrected chi connectivity index (χ3v) is 3.01. The van der Waals surface area contributed by atoms with Gasteiger partial charge in [-0.15, -0.1) is 0 Å². The number of nitrogens with one attached hydrogen (secondary N) is 1. The predicted molar refractivity (Wildman–Crippen MR) is 79.8 cm³/mol. The number of carboxylic acids is 1. The molecule has 0 saturated carbocycles. The molecular formula is C14H29N3O3. The van der Waals surface area contributed by atoms with Gasteiger partial charge in [-0.2, -0.15) is 0 Å². The van der Waals surface area contributed by atoms with Gasteiger partial charge in [0, 0.05) is 13.1 Å². The van der Waals surface area contributed by atoms with E-state index in [0.717, 1.165) is 13.0 Å². The molecule has 0 rings (SSSR count). The Morgan fingerprint density at radius 3 is 2.20 bits per heavy atom. The number of rotatable bonds is 9. The van der Waals surface area contributed by atoms with E-state index in [4.69, 9.17) is 5.11 Å². The summed E-state index contributed by atoms with van der Waals surface area (Å²) in [6.45, 7) is 7.89. The molecule has 0 aromatic rings. The topological polar surface area (TPSA) is 72.9 Å². The molecule has 0 fully saturated rings. The van der Waals surface area contributed by atoms with Crippen molar-refractivity contribution in [3.63, 3.8) is 0 Å². The molecule has 0 aliphatic carbocycles. The third-order valence-electron chi connectivity index (χ3n) is 3.01. The van der Waals surface area contributed by atoms with E-state index >= 15 is 0 Å². The van der Waals surface area contributed by atoms with Gasteiger partial charge in [-0.3, -0.25) is 0 Å². The van der Waals surface area contributed by atoms with Crippen LogP contribution in [0.3, 0.4) is 0 Å². The molecule has 118 valence electrons. The zero-order valence-electron chi connectivity index (χ0n) is 13.3. The number of hydrogen-bond acceptors (Lipinski definition) is 3. The maximum absolute atomic E-state index is 12.1. The Morgan fingerprint density at radius 1 is 1.20 bits per heavy atom. The van der Waals surface area contributed by atoms with Crippen LogP contribution in [0.15, 0.2) is 0 Å². The van der Waals surface area contributed by atoms with Gasteiger partial charge in [-0.1, -0.05) is 13.8 Å². The Bertz CT molecular complexity index is 306. The van der Waals surface area contributed by atoms with E-state index in [1.807, 2.05) is 34.9 Å². The highest BCUT2D eigenvalue weighted by Gasteiger charge is 2.23. The standard InChI is InChI=1S/C14H29N3O3/c1-6-17(9-7-8-16(4)5)14(20)15-12(13(18)19)10-11(2)3/h11-12H,6-10H2,1-5H3,(H,15,20)(H,18,19)/t12-/m0/s1. The van der Waals surface area contributed by atoms with Gasteiger partial charge in [0.25, 0.3) is 0 Å². The number of carbonyl (C=O) groups is 2. The van der Waals surface area contributed by atoms with Gasteiger partial charge in [0.15, 0.2) is 0 Å². The van der Waals surface area contributed by atoms with Gasteiger partial charge in [-0.05, 0) is 46.3 Å². The fourth-order valence-corrected chi connectivity index (χ4v) is 1.91. The monoisotopic (exact) mass is 287 g/mol. The van der Waals surface area contributed by atoms with E-state index in [2.05, 4.69) is 10.2 Å². The first kappa shape index (κ1) is 18.7. The van der Waals surface area contributed by atoms with Crippen LogP contribution in [-0.4, -0.2) is 66.7 Å². The van der Waals surface area contributed by atoms with Crippen molar-refractivity contribution >= 4 is 12.0 Å². The third kappa shape index (κ3) is 7.99. The molecule has 0 aromatic heterocycles. The lowest BCUT2D eigenvalue weighted by molar-refractivity contribution is -0.139. The average Bonchev–Trinajstić information content (AvgIpc) is 2.32. The molecule has 0 heterocycles. The number of hydrogen-bond donors (Lipinski definition) is 2. The van der Waals surface area contributed by atoms with Crippen molar-refractivity contribution in [1.82, 2.24) is 15.1 Å². The summed E-state index contributed by atoms with van der Waals surface area (Å²) in [6.07, 6.45) is 1.31. The number of amides is 2. The predicted octanol–water partition coefficient (Wildman–Crippen LogP) is 1.47. The van der Waals surface area contributed by atoms with Crippen molar-refractivity contribution in [3.05, 3.63) is 0 Å². The first-order chi connectivity index (χ1) is 9.27. The average molecular weight is 287 g/mol. The Balaban J connectivity index is 4.39. The van der Waals surface area contributed by atoms with E-state index in [9.17, 15) is 9.59 Å². The minimum atomic E-state index is -0.976. The normalized spacial score (nSPS) is 12.6. The number of carbonyl (C=O) groups excluding carboxylic acids is 1. The van der Waals surface area contributed by atoms with Gasteiger partial charge in [0.05, 0.1) is 0 Å². The molecule has 1 atom stereocenters. The molecule has 0 radical (unpaired) electrons. The zero-order valence-corrected chi connectivity index (χ0v) is 13.3. The fourth-order valence-electron chi connectivity index (χ4n) is 1.91. The first-order valence-electron chi connectivity index (χ1n) is 7.20. The zero-order chi connectivity index (χ0) is 15.7. The van der Waals surface area contributed by atoms with E-state index in [-0.39, 0.29) is 11.9 Å². The lowest BCUT2D eigenvalue weighted by atomic mass is 10.0. The minimum absolute atomic E-state index is 0.222. The Morgan fingerprint density at radius 2 is 1.80 bits per heavy atom. The second-order valence-corrected chi connectivity index (χ2v) is 5.71. The molecule has 6 heteroatoms. The summed E-state index contributed by atoms with van der Waals surface area (Å²) in [6, 6.07) is -1.11. The van der Waals surface area contributed by atoms with Crippen molar-refractivity contribution in [2.75, 3.05) is 33.7 Å². The Hall–Kier alpha value is -1.30. The number of aliphatic carboxylic acids is 1.